The van der Waals surface area contributed by atoms with Gasteiger partial charge in [-0.2, -0.15) is 5.10 Å². The van der Waals surface area contributed by atoms with E-state index in [9.17, 15) is 4.79 Å². The molecule has 0 N–H and O–H groups in total. The summed E-state index contributed by atoms with van der Waals surface area (Å²) in [6, 6.07) is 9.01. The Morgan fingerprint density at radius 2 is 2.12 bits per heavy atom. The van der Waals surface area contributed by atoms with Crippen molar-refractivity contribution in [3.63, 3.8) is 0 Å². The van der Waals surface area contributed by atoms with E-state index in [1.165, 1.54) is 5.01 Å². The molecule has 0 saturated heterocycles. The summed E-state index contributed by atoms with van der Waals surface area (Å²) in [4.78, 5) is 12.2. The van der Waals surface area contributed by atoms with E-state index < -0.39 is 0 Å². The molecule has 24 heavy (non-hydrogen) atoms. The lowest BCUT2D eigenvalue weighted by Crippen LogP contribution is -2.27. The van der Waals surface area contributed by atoms with Crippen LogP contribution in [0.3, 0.4) is 0 Å². The first-order valence-corrected chi connectivity index (χ1v) is 8.51. The number of ether oxygens (including phenoxy) is 2. The van der Waals surface area contributed by atoms with Crippen LogP contribution in [0.4, 0.5) is 0 Å². The molecule has 1 aromatic heterocycles. The Bertz CT molecular complexity index is 758. The highest BCUT2D eigenvalue weighted by atomic mass is 79.9. The number of nitrogens with zero attached hydrogens (tertiary/aromatic N) is 2. The predicted octanol–water partition coefficient (Wildman–Crippen LogP) is 3.37. The Morgan fingerprint density at radius 1 is 1.33 bits per heavy atom. The second-order valence-electron chi connectivity index (χ2n) is 5.22. The van der Waals surface area contributed by atoms with Crippen molar-refractivity contribution in [2.45, 2.75) is 12.5 Å². The Balaban J connectivity index is 1.95. The minimum atomic E-state index is -0.242. The number of carbonyl (C=O) groups is 1. The van der Waals surface area contributed by atoms with Crippen molar-refractivity contribution in [3.05, 3.63) is 47.9 Å². The molecule has 0 radical (unpaired) electrons. The maximum absolute atomic E-state index is 12.2. The van der Waals surface area contributed by atoms with Gasteiger partial charge in [0.2, 0.25) is 0 Å². The van der Waals surface area contributed by atoms with Gasteiger partial charge >= 0.3 is 0 Å². The second kappa shape index (κ2) is 7.09. The highest BCUT2D eigenvalue weighted by Gasteiger charge is 2.34. The van der Waals surface area contributed by atoms with Crippen molar-refractivity contribution >= 4 is 27.5 Å². The molecule has 1 amide bonds. The smallest absolute Gasteiger partial charge is 0.254 e. The van der Waals surface area contributed by atoms with Gasteiger partial charge in [-0.1, -0.05) is 15.9 Å². The number of amides is 1. The number of carbonyl (C=O) groups excluding carboxylic acids is 1. The maximum atomic E-state index is 12.2. The van der Waals surface area contributed by atoms with Crippen LogP contribution in [-0.2, 0) is 4.79 Å². The molecule has 6 nitrogen and oxygen atoms in total. The van der Waals surface area contributed by atoms with Crippen molar-refractivity contribution in [3.8, 4) is 11.5 Å². The van der Waals surface area contributed by atoms with Gasteiger partial charge in [0.25, 0.3) is 5.91 Å². The normalized spacial score (nSPS) is 16.9. The summed E-state index contributed by atoms with van der Waals surface area (Å²) < 4.78 is 16.1. The fraction of sp³-hybridized carbons (Fsp3) is 0.294. The van der Waals surface area contributed by atoms with Crippen molar-refractivity contribution in [2.75, 3.05) is 19.5 Å². The second-order valence-corrected chi connectivity index (χ2v) is 5.78. The van der Waals surface area contributed by atoms with Crippen LogP contribution in [0.25, 0.3) is 0 Å². The highest BCUT2D eigenvalue weighted by Crippen LogP contribution is 2.35. The molecule has 2 aromatic rings. The van der Waals surface area contributed by atoms with Gasteiger partial charge in [-0.05, 0) is 30.3 Å². The number of benzene rings is 1. The fourth-order valence-corrected chi connectivity index (χ4v) is 2.95. The number of hydrogen-bond donors (Lipinski definition) is 0. The molecule has 0 spiro atoms. The average Bonchev–Trinajstić information content (AvgIpc) is 3.29. The van der Waals surface area contributed by atoms with Crippen LogP contribution < -0.4 is 9.47 Å². The summed E-state index contributed by atoms with van der Waals surface area (Å²) in [5, 5.41) is 6.18. The molecule has 1 aliphatic heterocycles. The van der Waals surface area contributed by atoms with Gasteiger partial charge in [-0.15, -0.1) is 0 Å². The third-order valence-corrected chi connectivity index (χ3v) is 4.35. The Labute approximate surface area is 148 Å². The van der Waals surface area contributed by atoms with Crippen LogP contribution in [0.5, 0.6) is 11.5 Å². The molecule has 3 rings (SSSR count). The van der Waals surface area contributed by atoms with Crippen molar-refractivity contribution in [1.82, 2.24) is 5.01 Å². The summed E-state index contributed by atoms with van der Waals surface area (Å²) >= 11 is 3.21. The first-order chi connectivity index (χ1) is 11.7. The molecule has 0 bridgehead atoms. The van der Waals surface area contributed by atoms with E-state index in [1.54, 1.807) is 26.5 Å². The molecule has 1 unspecified atom stereocenters. The van der Waals surface area contributed by atoms with Gasteiger partial charge in [0, 0.05) is 12.0 Å². The molecule has 126 valence electrons. The largest absolute Gasteiger partial charge is 0.493 e. The summed E-state index contributed by atoms with van der Waals surface area (Å²) in [6.45, 7) is 0. The molecule has 1 aromatic carbocycles. The number of rotatable bonds is 5. The SMILES string of the molecule is COc1ccc(C2=NN(C(=O)CBr)C(c3ccco3)C2)cc1OC. The maximum Gasteiger partial charge on any atom is 0.254 e. The van der Waals surface area contributed by atoms with Crippen LogP contribution in [0.2, 0.25) is 0 Å². The number of halogens is 1. The summed E-state index contributed by atoms with van der Waals surface area (Å²) in [5.41, 5.74) is 1.68. The van der Waals surface area contributed by atoms with E-state index in [0.29, 0.717) is 23.7 Å². The molecule has 2 heterocycles. The monoisotopic (exact) mass is 392 g/mol. The van der Waals surface area contributed by atoms with Gasteiger partial charge in [0.15, 0.2) is 11.5 Å². The van der Waals surface area contributed by atoms with Crippen LogP contribution in [0.1, 0.15) is 23.8 Å². The highest BCUT2D eigenvalue weighted by molar-refractivity contribution is 9.09. The Hall–Kier alpha value is -2.28. The molecule has 1 atom stereocenters. The summed E-state index contributed by atoms with van der Waals surface area (Å²) in [7, 11) is 3.18. The third kappa shape index (κ3) is 3.03. The minimum Gasteiger partial charge on any atom is -0.493 e. The summed E-state index contributed by atoms with van der Waals surface area (Å²) in [5.74, 6) is 1.86. The van der Waals surface area contributed by atoms with Gasteiger partial charge in [0.1, 0.15) is 11.8 Å². The fourth-order valence-electron chi connectivity index (χ4n) is 2.69. The van der Waals surface area contributed by atoms with Crippen molar-refractivity contribution in [1.29, 1.82) is 0 Å². The zero-order valence-corrected chi connectivity index (χ0v) is 14.9. The van der Waals surface area contributed by atoms with E-state index >= 15 is 0 Å². The molecular formula is C17H17BrN2O4. The first-order valence-electron chi connectivity index (χ1n) is 7.39. The lowest BCUT2D eigenvalue weighted by molar-refractivity contribution is -0.130. The quantitative estimate of drug-likeness (QED) is 0.731. The topological polar surface area (TPSA) is 64.3 Å². The minimum absolute atomic E-state index is 0.119. The third-order valence-electron chi connectivity index (χ3n) is 3.87. The molecule has 7 heteroatoms. The van der Waals surface area contributed by atoms with Crippen LogP contribution in [0.15, 0.2) is 46.1 Å². The predicted molar refractivity (Wildman–Crippen MR) is 92.8 cm³/mol. The van der Waals surface area contributed by atoms with Crippen molar-refractivity contribution in [2.24, 2.45) is 5.10 Å². The van der Waals surface area contributed by atoms with Gasteiger partial charge < -0.3 is 13.9 Å². The van der Waals surface area contributed by atoms with Crippen LogP contribution in [-0.4, -0.2) is 36.2 Å². The molecular weight excluding hydrogens is 376 g/mol. The zero-order valence-electron chi connectivity index (χ0n) is 13.4. The number of furan rings is 1. The Kier molecular flexibility index (Phi) is 4.89. The standard InChI is InChI=1S/C17H17BrN2O4/c1-22-15-6-5-11(8-16(15)23-2)12-9-13(14-4-3-7-24-14)20(19-12)17(21)10-18/h3-8,13H,9-10H2,1-2H3. The average molecular weight is 393 g/mol. The van der Waals surface area contributed by atoms with Crippen LogP contribution >= 0.6 is 15.9 Å². The van der Waals surface area contributed by atoms with Gasteiger partial charge in [-0.3, -0.25) is 4.79 Å². The number of hydrogen-bond acceptors (Lipinski definition) is 5. The number of hydrazone groups is 1. The molecule has 1 aliphatic rings. The van der Waals surface area contributed by atoms with E-state index in [4.69, 9.17) is 13.9 Å². The molecule has 0 saturated carbocycles. The van der Waals surface area contributed by atoms with E-state index in [-0.39, 0.29) is 17.3 Å². The Morgan fingerprint density at radius 3 is 2.75 bits per heavy atom. The van der Waals surface area contributed by atoms with Crippen LogP contribution in [0, 0.1) is 0 Å². The van der Waals surface area contributed by atoms with E-state index in [1.807, 2.05) is 24.3 Å². The molecule has 0 fully saturated rings. The lowest BCUT2D eigenvalue weighted by Gasteiger charge is -2.18. The van der Waals surface area contributed by atoms with Gasteiger partial charge in [0.05, 0.1) is 31.5 Å². The van der Waals surface area contributed by atoms with E-state index in [2.05, 4.69) is 21.0 Å². The van der Waals surface area contributed by atoms with E-state index in [0.717, 1.165) is 11.3 Å². The molecule has 0 aliphatic carbocycles. The zero-order chi connectivity index (χ0) is 17.1. The summed E-state index contributed by atoms with van der Waals surface area (Å²) in [6.07, 6.45) is 2.17. The van der Waals surface area contributed by atoms with Crippen molar-refractivity contribution < 1.29 is 18.7 Å². The van der Waals surface area contributed by atoms with Gasteiger partial charge in [-0.25, -0.2) is 5.01 Å². The lowest BCUT2D eigenvalue weighted by atomic mass is 10.0. The number of alkyl halides is 1. The first kappa shape index (κ1) is 16.6. The number of methoxy groups -OCH3 is 2.